The molecule has 0 bridgehead atoms. The second-order valence-corrected chi connectivity index (χ2v) is 5.76. The van der Waals surface area contributed by atoms with Crippen molar-refractivity contribution in [2.45, 2.75) is 31.6 Å². The molecule has 1 aliphatic heterocycles. The molecule has 7 nitrogen and oxygen atoms in total. The minimum atomic E-state index is -1.09. The van der Waals surface area contributed by atoms with Crippen molar-refractivity contribution in [2.24, 2.45) is 0 Å². The van der Waals surface area contributed by atoms with Gasteiger partial charge in [-0.2, -0.15) is 0 Å². The van der Waals surface area contributed by atoms with E-state index in [2.05, 4.69) is 0 Å². The maximum absolute atomic E-state index is 12.1. The first-order chi connectivity index (χ1) is 9.35. The Hall–Kier alpha value is -1.12. The molecule has 1 heterocycles. The summed E-state index contributed by atoms with van der Waals surface area (Å²) in [7, 11) is 2.84. The number of nitrogens with zero attached hydrogens (tertiary/aromatic N) is 1. The van der Waals surface area contributed by atoms with Crippen LogP contribution in [-0.2, 0) is 23.9 Å². The molecule has 0 aliphatic carbocycles. The van der Waals surface area contributed by atoms with Crippen LogP contribution in [0.3, 0.4) is 0 Å². The highest BCUT2D eigenvalue weighted by Gasteiger charge is 2.49. The monoisotopic (exact) mass is 305 g/mol. The molecule has 20 heavy (non-hydrogen) atoms. The highest BCUT2D eigenvalue weighted by molar-refractivity contribution is 8.13. The SMILES string of the molecule is COC1(OC)C[C@@H](C(=O)O)N(C(=O)CCSC(C)=O)C1. The third-order valence-corrected chi connectivity index (χ3v) is 4.08. The zero-order chi connectivity index (χ0) is 15.3. The molecule has 1 atom stereocenters. The molecule has 1 N–H and O–H groups in total. The Bertz CT molecular complexity index is 395. The Morgan fingerprint density at radius 1 is 1.35 bits per heavy atom. The van der Waals surface area contributed by atoms with Gasteiger partial charge in [-0.15, -0.1) is 0 Å². The van der Waals surface area contributed by atoms with Crippen LogP contribution in [0.2, 0.25) is 0 Å². The van der Waals surface area contributed by atoms with Gasteiger partial charge in [0, 0.05) is 39.7 Å². The molecular weight excluding hydrogens is 286 g/mol. The summed E-state index contributed by atoms with van der Waals surface area (Å²) in [5.41, 5.74) is 0. The Balaban J connectivity index is 2.72. The summed E-state index contributed by atoms with van der Waals surface area (Å²) in [6.07, 6.45) is 0.193. The number of hydrogen-bond acceptors (Lipinski definition) is 6. The lowest BCUT2D eigenvalue weighted by atomic mass is 10.1. The number of carboxylic acid groups (broad SMARTS) is 1. The minimum absolute atomic E-state index is 0.0700. The maximum atomic E-state index is 12.1. The van der Waals surface area contributed by atoms with Crippen LogP contribution in [0.25, 0.3) is 0 Å². The van der Waals surface area contributed by atoms with Crippen molar-refractivity contribution in [3.8, 4) is 0 Å². The van der Waals surface area contributed by atoms with Gasteiger partial charge in [0.15, 0.2) is 10.9 Å². The molecule has 114 valence electrons. The van der Waals surface area contributed by atoms with Crippen molar-refractivity contribution < 1.29 is 29.0 Å². The van der Waals surface area contributed by atoms with Gasteiger partial charge in [-0.25, -0.2) is 4.79 Å². The first-order valence-electron chi connectivity index (χ1n) is 6.11. The predicted molar refractivity (Wildman–Crippen MR) is 72.3 cm³/mol. The Morgan fingerprint density at radius 2 is 1.95 bits per heavy atom. The third kappa shape index (κ3) is 3.94. The van der Waals surface area contributed by atoms with Crippen molar-refractivity contribution in [3.05, 3.63) is 0 Å². The third-order valence-electron chi connectivity index (χ3n) is 3.26. The number of ether oxygens (including phenoxy) is 2. The topological polar surface area (TPSA) is 93.1 Å². The van der Waals surface area contributed by atoms with Gasteiger partial charge in [-0.05, 0) is 0 Å². The standard InChI is InChI=1S/C12H19NO6S/c1-8(14)20-5-4-10(15)13-7-12(18-2,19-3)6-9(13)11(16)17/h9H,4-7H2,1-3H3,(H,16,17)/t9-/m0/s1. The van der Waals surface area contributed by atoms with Crippen molar-refractivity contribution in [3.63, 3.8) is 0 Å². The van der Waals surface area contributed by atoms with Gasteiger partial charge in [-0.1, -0.05) is 11.8 Å². The molecule has 8 heteroatoms. The normalized spacial score (nSPS) is 20.9. The van der Waals surface area contributed by atoms with E-state index < -0.39 is 17.8 Å². The molecule has 1 amide bonds. The van der Waals surface area contributed by atoms with Gasteiger partial charge < -0.3 is 19.5 Å². The summed E-state index contributed by atoms with van der Waals surface area (Å²) in [6, 6.07) is -0.968. The Labute approximate surface area is 121 Å². The molecule has 0 spiro atoms. The lowest BCUT2D eigenvalue weighted by molar-refractivity contribution is -0.197. The quantitative estimate of drug-likeness (QED) is 0.707. The minimum Gasteiger partial charge on any atom is -0.480 e. The van der Waals surface area contributed by atoms with E-state index in [-0.39, 0.29) is 30.4 Å². The smallest absolute Gasteiger partial charge is 0.326 e. The van der Waals surface area contributed by atoms with Gasteiger partial charge in [0.05, 0.1) is 6.54 Å². The number of methoxy groups -OCH3 is 2. The number of aliphatic carboxylic acids is 1. The van der Waals surface area contributed by atoms with Crippen molar-refractivity contribution >= 4 is 28.8 Å². The predicted octanol–water partition coefficient (Wildman–Crippen LogP) is 0.331. The van der Waals surface area contributed by atoms with Crippen LogP contribution >= 0.6 is 11.8 Å². The lowest BCUT2D eigenvalue weighted by Gasteiger charge is -2.25. The van der Waals surface area contributed by atoms with E-state index in [4.69, 9.17) is 9.47 Å². The molecule has 1 fully saturated rings. The molecule has 1 aliphatic rings. The molecule has 0 unspecified atom stereocenters. The Kier molecular flexibility index (Phi) is 5.97. The van der Waals surface area contributed by atoms with Gasteiger partial charge in [0.1, 0.15) is 6.04 Å². The number of hydrogen-bond donors (Lipinski definition) is 1. The fourth-order valence-corrected chi connectivity index (χ4v) is 2.69. The molecule has 0 aromatic carbocycles. The van der Waals surface area contributed by atoms with Crippen molar-refractivity contribution in [1.29, 1.82) is 0 Å². The molecular formula is C12H19NO6S. The number of rotatable bonds is 6. The summed E-state index contributed by atoms with van der Waals surface area (Å²) in [6.45, 7) is 1.49. The molecule has 1 rings (SSSR count). The highest BCUT2D eigenvalue weighted by Crippen LogP contribution is 2.31. The second kappa shape index (κ2) is 7.05. The largest absolute Gasteiger partial charge is 0.480 e. The van der Waals surface area contributed by atoms with Crippen molar-refractivity contribution in [2.75, 3.05) is 26.5 Å². The van der Waals surface area contributed by atoms with E-state index in [1.54, 1.807) is 0 Å². The molecule has 1 saturated heterocycles. The Morgan fingerprint density at radius 3 is 2.40 bits per heavy atom. The van der Waals surface area contributed by atoms with Gasteiger partial charge in [0.25, 0.3) is 0 Å². The fourth-order valence-electron chi connectivity index (χ4n) is 2.13. The van der Waals surface area contributed by atoms with Gasteiger partial charge in [0.2, 0.25) is 5.91 Å². The van der Waals surface area contributed by atoms with E-state index >= 15 is 0 Å². The van der Waals surface area contributed by atoms with Crippen LogP contribution in [0.4, 0.5) is 0 Å². The zero-order valence-corrected chi connectivity index (χ0v) is 12.6. The van der Waals surface area contributed by atoms with E-state index in [9.17, 15) is 19.5 Å². The number of thioether (sulfide) groups is 1. The molecule has 0 radical (unpaired) electrons. The lowest BCUT2D eigenvalue weighted by Crippen LogP contribution is -2.42. The number of carboxylic acids is 1. The number of likely N-dealkylation sites (tertiary alicyclic amines) is 1. The summed E-state index contributed by atoms with van der Waals surface area (Å²) in [4.78, 5) is 35.4. The maximum Gasteiger partial charge on any atom is 0.326 e. The van der Waals surface area contributed by atoms with Crippen LogP contribution in [0.15, 0.2) is 0 Å². The zero-order valence-electron chi connectivity index (χ0n) is 11.7. The van der Waals surface area contributed by atoms with E-state index in [0.29, 0.717) is 5.75 Å². The number of carbonyl (C=O) groups is 3. The number of carbonyl (C=O) groups excluding carboxylic acids is 2. The van der Waals surface area contributed by atoms with Crippen LogP contribution in [0.1, 0.15) is 19.8 Å². The summed E-state index contributed by atoms with van der Waals surface area (Å²) >= 11 is 1.04. The average Bonchev–Trinajstić information content (AvgIpc) is 2.79. The molecule has 0 aromatic rings. The average molecular weight is 305 g/mol. The molecule has 0 aromatic heterocycles. The van der Waals surface area contributed by atoms with E-state index in [1.807, 2.05) is 0 Å². The highest BCUT2D eigenvalue weighted by atomic mass is 32.2. The molecule has 0 saturated carbocycles. The number of amides is 1. The van der Waals surface area contributed by atoms with Gasteiger partial charge >= 0.3 is 5.97 Å². The van der Waals surface area contributed by atoms with E-state index in [0.717, 1.165) is 11.8 Å². The summed E-state index contributed by atoms with van der Waals surface area (Å²) in [5.74, 6) is -2.15. The van der Waals surface area contributed by atoms with Crippen LogP contribution < -0.4 is 0 Å². The van der Waals surface area contributed by atoms with Gasteiger partial charge in [-0.3, -0.25) is 9.59 Å². The summed E-state index contributed by atoms with van der Waals surface area (Å²) < 4.78 is 10.4. The van der Waals surface area contributed by atoms with Crippen LogP contribution in [0.5, 0.6) is 0 Å². The van der Waals surface area contributed by atoms with E-state index in [1.165, 1.54) is 26.0 Å². The first kappa shape index (κ1) is 16.9. The first-order valence-corrected chi connectivity index (χ1v) is 7.09. The fraction of sp³-hybridized carbons (Fsp3) is 0.750. The van der Waals surface area contributed by atoms with Crippen LogP contribution in [0, 0.1) is 0 Å². The summed E-state index contributed by atoms with van der Waals surface area (Å²) in [5, 5.41) is 9.13. The van der Waals surface area contributed by atoms with Crippen molar-refractivity contribution in [1.82, 2.24) is 4.90 Å². The van der Waals surface area contributed by atoms with Crippen LogP contribution in [-0.4, -0.2) is 65.3 Å². The second-order valence-electron chi connectivity index (χ2n) is 4.49.